The molecule has 2 heterocycles. The molecule has 5 heteroatoms. The highest BCUT2D eigenvalue weighted by molar-refractivity contribution is 7.15. The Balaban J connectivity index is 1.53. The third-order valence-corrected chi connectivity index (χ3v) is 4.72. The van der Waals surface area contributed by atoms with Gasteiger partial charge in [0.05, 0.1) is 17.6 Å². The third-order valence-electron chi connectivity index (χ3n) is 3.68. The van der Waals surface area contributed by atoms with Crippen LogP contribution in [-0.2, 0) is 11.3 Å². The number of hydrogen-bond donors (Lipinski definition) is 1. The normalized spacial score (nSPS) is 17.8. The van der Waals surface area contributed by atoms with Gasteiger partial charge in [0.1, 0.15) is 10.8 Å². The van der Waals surface area contributed by atoms with Crippen molar-refractivity contribution in [3.05, 3.63) is 35.5 Å². The molecule has 0 radical (unpaired) electrons. The van der Waals surface area contributed by atoms with E-state index < -0.39 is 0 Å². The number of nitrogens with zero attached hydrogens (tertiary/aromatic N) is 1. The summed E-state index contributed by atoms with van der Waals surface area (Å²) < 4.78 is 11.1. The van der Waals surface area contributed by atoms with Gasteiger partial charge < -0.3 is 14.8 Å². The second-order valence-electron chi connectivity index (χ2n) is 5.34. The first-order chi connectivity index (χ1) is 10.8. The number of benzene rings is 1. The van der Waals surface area contributed by atoms with Gasteiger partial charge in [-0.2, -0.15) is 0 Å². The topological polar surface area (TPSA) is 43.4 Å². The Morgan fingerprint density at radius 1 is 1.36 bits per heavy atom. The average molecular weight is 318 g/mol. The quantitative estimate of drug-likeness (QED) is 0.849. The van der Waals surface area contributed by atoms with Gasteiger partial charge >= 0.3 is 0 Å². The molecule has 0 aliphatic carbocycles. The van der Waals surface area contributed by atoms with E-state index in [2.05, 4.69) is 22.4 Å². The Morgan fingerprint density at radius 2 is 2.23 bits per heavy atom. The summed E-state index contributed by atoms with van der Waals surface area (Å²) in [5, 5.41) is 4.55. The summed E-state index contributed by atoms with van der Waals surface area (Å²) in [4.78, 5) is 5.69. The van der Waals surface area contributed by atoms with E-state index in [1.165, 1.54) is 23.3 Å². The summed E-state index contributed by atoms with van der Waals surface area (Å²) in [6.07, 6.45) is 4.68. The van der Waals surface area contributed by atoms with Crippen LogP contribution in [0.1, 0.15) is 24.8 Å². The minimum Gasteiger partial charge on any atom is -0.494 e. The molecule has 0 saturated carbocycles. The molecular formula is C17H22N2O2S. The molecule has 4 nitrogen and oxygen atoms in total. The minimum absolute atomic E-state index is 0.380. The molecule has 1 unspecified atom stereocenters. The predicted octanol–water partition coefficient (Wildman–Crippen LogP) is 3.48. The summed E-state index contributed by atoms with van der Waals surface area (Å²) in [6, 6.07) is 8.19. The van der Waals surface area contributed by atoms with Crippen LogP contribution in [0, 0.1) is 0 Å². The standard InChI is InChI=1S/C17H22N2O2S/c1-2-20-14-7-5-13(6-8-14)16-11-19-17(22-16)12-18-10-15-4-3-9-21-15/h5-8,11,15,18H,2-4,9-10,12H2,1H3. The molecule has 0 amide bonds. The molecule has 0 spiro atoms. The monoisotopic (exact) mass is 318 g/mol. The molecule has 1 N–H and O–H groups in total. The predicted molar refractivity (Wildman–Crippen MR) is 89.4 cm³/mol. The maximum Gasteiger partial charge on any atom is 0.119 e. The van der Waals surface area contributed by atoms with Crippen LogP contribution in [0.25, 0.3) is 10.4 Å². The lowest BCUT2D eigenvalue weighted by atomic mass is 10.2. The van der Waals surface area contributed by atoms with Crippen molar-refractivity contribution in [2.24, 2.45) is 0 Å². The van der Waals surface area contributed by atoms with Crippen LogP contribution in [0.15, 0.2) is 30.5 Å². The van der Waals surface area contributed by atoms with Crippen molar-refractivity contribution in [2.45, 2.75) is 32.4 Å². The van der Waals surface area contributed by atoms with Gasteiger partial charge in [0.25, 0.3) is 0 Å². The fourth-order valence-electron chi connectivity index (χ4n) is 2.55. The highest BCUT2D eigenvalue weighted by Gasteiger charge is 2.14. The summed E-state index contributed by atoms with van der Waals surface area (Å²) in [7, 11) is 0. The molecule has 1 saturated heterocycles. The van der Waals surface area contributed by atoms with Gasteiger partial charge in [-0.05, 0) is 49.6 Å². The molecule has 1 fully saturated rings. The molecule has 22 heavy (non-hydrogen) atoms. The van der Waals surface area contributed by atoms with Crippen molar-refractivity contribution in [3.63, 3.8) is 0 Å². The number of aromatic nitrogens is 1. The molecule has 1 atom stereocenters. The Bertz CT molecular complexity index is 577. The summed E-state index contributed by atoms with van der Waals surface area (Å²) >= 11 is 1.73. The number of nitrogens with one attached hydrogen (secondary N) is 1. The fourth-order valence-corrected chi connectivity index (χ4v) is 3.45. The van der Waals surface area contributed by atoms with Crippen LogP contribution in [0.2, 0.25) is 0 Å². The van der Waals surface area contributed by atoms with E-state index in [0.717, 1.165) is 30.5 Å². The Labute approximate surface area is 135 Å². The fraction of sp³-hybridized carbons (Fsp3) is 0.471. The second kappa shape index (κ2) is 7.72. The lowest BCUT2D eigenvalue weighted by Gasteiger charge is -2.09. The highest BCUT2D eigenvalue weighted by atomic mass is 32.1. The number of rotatable bonds is 7. The Morgan fingerprint density at radius 3 is 2.95 bits per heavy atom. The molecule has 1 aliphatic rings. The second-order valence-corrected chi connectivity index (χ2v) is 6.46. The van der Waals surface area contributed by atoms with E-state index in [1.807, 2.05) is 25.3 Å². The van der Waals surface area contributed by atoms with E-state index >= 15 is 0 Å². The van der Waals surface area contributed by atoms with Crippen LogP contribution in [0.4, 0.5) is 0 Å². The minimum atomic E-state index is 0.380. The molecule has 2 aromatic rings. The molecule has 118 valence electrons. The van der Waals surface area contributed by atoms with E-state index in [0.29, 0.717) is 12.7 Å². The first kappa shape index (κ1) is 15.5. The summed E-state index contributed by atoms with van der Waals surface area (Å²) in [5.41, 5.74) is 1.19. The number of hydrogen-bond acceptors (Lipinski definition) is 5. The average Bonchev–Trinajstić information content (AvgIpc) is 3.20. The van der Waals surface area contributed by atoms with Crippen LogP contribution < -0.4 is 10.1 Å². The zero-order valence-corrected chi connectivity index (χ0v) is 13.7. The van der Waals surface area contributed by atoms with Gasteiger partial charge in [-0.1, -0.05) is 0 Å². The van der Waals surface area contributed by atoms with E-state index in [-0.39, 0.29) is 0 Å². The maximum absolute atomic E-state index is 5.61. The van der Waals surface area contributed by atoms with Gasteiger partial charge in [0.2, 0.25) is 0 Å². The van der Waals surface area contributed by atoms with Gasteiger partial charge in [0.15, 0.2) is 0 Å². The summed E-state index contributed by atoms with van der Waals surface area (Å²) in [6.45, 7) is 5.32. The molecule has 0 bridgehead atoms. The third kappa shape index (κ3) is 4.06. The molecule has 1 aliphatic heterocycles. The van der Waals surface area contributed by atoms with E-state index in [4.69, 9.17) is 9.47 Å². The van der Waals surface area contributed by atoms with Crippen LogP contribution in [-0.4, -0.2) is 30.8 Å². The molecule has 3 rings (SSSR count). The van der Waals surface area contributed by atoms with Crippen molar-refractivity contribution >= 4 is 11.3 Å². The zero-order valence-electron chi connectivity index (χ0n) is 12.9. The van der Waals surface area contributed by atoms with Gasteiger partial charge in [-0.25, -0.2) is 4.98 Å². The number of thiazole rings is 1. The highest BCUT2D eigenvalue weighted by Crippen LogP contribution is 2.27. The zero-order chi connectivity index (χ0) is 15.2. The SMILES string of the molecule is CCOc1ccc(-c2cnc(CNCC3CCCO3)s2)cc1. The maximum atomic E-state index is 5.61. The van der Waals surface area contributed by atoms with Crippen molar-refractivity contribution < 1.29 is 9.47 Å². The smallest absolute Gasteiger partial charge is 0.119 e. The van der Waals surface area contributed by atoms with Crippen molar-refractivity contribution in [2.75, 3.05) is 19.8 Å². The van der Waals surface area contributed by atoms with E-state index in [9.17, 15) is 0 Å². The molecule has 1 aromatic heterocycles. The molecule has 1 aromatic carbocycles. The Hall–Kier alpha value is -1.43. The van der Waals surface area contributed by atoms with Crippen molar-refractivity contribution in [1.29, 1.82) is 0 Å². The van der Waals surface area contributed by atoms with Crippen molar-refractivity contribution in [3.8, 4) is 16.2 Å². The first-order valence-electron chi connectivity index (χ1n) is 7.85. The lowest BCUT2D eigenvalue weighted by Crippen LogP contribution is -2.25. The van der Waals surface area contributed by atoms with Gasteiger partial charge in [0, 0.05) is 25.9 Å². The lowest BCUT2D eigenvalue weighted by molar-refractivity contribution is 0.110. The van der Waals surface area contributed by atoms with Gasteiger partial charge in [-0.15, -0.1) is 11.3 Å². The van der Waals surface area contributed by atoms with Crippen molar-refractivity contribution in [1.82, 2.24) is 10.3 Å². The first-order valence-corrected chi connectivity index (χ1v) is 8.67. The van der Waals surface area contributed by atoms with Crippen LogP contribution in [0.3, 0.4) is 0 Å². The van der Waals surface area contributed by atoms with Gasteiger partial charge in [-0.3, -0.25) is 0 Å². The largest absolute Gasteiger partial charge is 0.494 e. The number of ether oxygens (including phenoxy) is 2. The van der Waals surface area contributed by atoms with Crippen LogP contribution >= 0.6 is 11.3 Å². The molecular weight excluding hydrogens is 296 g/mol. The van der Waals surface area contributed by atoms with Crippen LogP contribution in [0.5, 0.6) is 5.75 Å². The van der Waals surface area contributed by atoms with E-state index in [1.54, 1.807) is 11.3 Å². The summed E-state index contributed by atoms with van der Waals surface area (Å²) in [5.74, 6) is 0.911. The Kier molecular flexibility index (Phi) is 5.43.